The molecule has 1 aliphatic heterocycles. The SMILES string of the molecule is CN1CCCC(N(C)C(=O)COc2ccccc2C#N)C1. The van der Waals surface area contributed by atoms with Gasteiger partial charge in [-0.2, -0.15) is 5.26 Å². The van der Waals surface area contributed by atoms with Crippen molar-refractivity contribution in [3.63, 3.8) is 0 Å². The largest absolute Gasteiger partial charge is 0.482 e. The minimum Gasteiger partial charge on any atom is -0.482 e. The van der Waals surface area contributed by atoms with Crippen molar-refractivity contribution in [2.45, 2.75) is 18.9 Å². The van der Waals surface area contributed by atoms with E-state index >= 15 is 0 Å². The van der Waals surface area contributed by atoms with Crippen LogP contribution in [0.25, 0.3) is 0 Å². The maximum Gasteiger partial charge on any atom is 0.260 e. The summed E-state index contributed by atoms with van der Waals surface area (Å²) in [7, 11) is 3.90. The number of piperidine rings is 1. The number of carbonyl (C=O) groups is 1. The van der Waals surface area contributed by atoms with Crippen LogP contribution in [0.1, 0.15) is 18.4 Å². The number of likely N-dealkylation sites (N-methyl/N-ethyl adjacent to an activating group) is 2. The summed E-state index contributed by atoms with van der Waals surface area (Å²) in [5.74, 6) is 0.408. The Morgan fingerprint density at radius 2 is 2.29 bits per heavy atom. The van der Waals surface area contributed by atoms with Gasteiger partial charge in [-0.25, -0.2) is 0 Å². The molecule has 2 rings (SSSR count). The Labute approximate surface area is 125 Å². The molecule has 1 unspecified atom stereocenters. The molecule has 1 heterocycles. The zero-order valence-corrected chi connectivity index (χ0v) is 12.6. The van der Waals surface area contributed by atoms with Gasteiger partial charge in [0.25, 0.3) is 5.91 Å². The van der Waals surface area contributed by atoms with Gasteiger partial charge in [0, 0.05) is 19.6 Å². The van der Waals surface area contributed by atoms with E-state index in [1.807, 2.05) is 7.05 Å². The second-order valence-electron chi connectivity index (χ2n) is 5.46. The van der Waals surface area contributed by atoms with Gasteiger partial charge < -0.3 is 14.5 Å². The van der Waals surface area contributed by atoms with Crippen LogP contribution in [-0.2, 0) is 4.79 Å². The third-order valence-corrected chi connectivity index (χ3v) is 3.90. The van der Waals surface area contributed by atoms with Gasteiger partial charge in [-0.15, -0.1) is 0 Å². The number of hydrogen-bond donors (Lipinski definition) is 0. The maximum atomic E-state index is 12.2. The quantitative estimate of drug-likeness (QED) is 0.842. The molecule has 1 amide bonds. The lowest BCUT2D eigenvalue weighted by molar-refractivity contribution is -0.135. The summed E-state index contributed by atoms with van der Waals surface area (Å²) < 4.78 is 5.50. The molecule has 0 aromatic heterocycles. The summed E-state index contributed by atoms with van der Waals surface area (Å²) in [5, 5.41) is 9.00. The first-order valence-electron chi connectivity index (χ1n) is 7.18. The smallest absolute Gasteiger partial charge is 0.260 e. The molecule has 0 saturated carbocycles. The van der Waals surface area contributed by atoms with E-state index in [9.17, 15) is 4.79 Å². The topological polar surface area (TPSA) is 56.6 Å². The van der Waals surface area contributed by atoms with Crippen molar-refractivity contribution in [1.29, 1.82) is 5.26 Å². The minimum atomic E-state index is -0.0527. The fourth-order valence-electron chi connectivity index (χ4n) is 2.59. The van der Waals surface area contributed by atoms with Gasteiger partial charge in [0.2, 0.25) is 0 Å². The van der Waals surface area contributed by atoms with Crippen LogP contribution in [0.15, 0.2) is 24.3 Å². The van der Waals surface area contributed by atoms with Crippen LogP contribution in [0.5, 0.6) is 5.75 Å². The first kappa shape index (κ1) is 15.3. The monoisotopic (exact) mass is 287 g/mol. The highest BCUT2D eigenvalue weighted by atomic mass is 16.5. The van der Waals surface area contributed by atoms with Crippen molar-refractivity contribution >= 4 is 5.91 Å². The number of likely N-dealkylation sites (tertiary alicyclic amines) is 1. The van der Waals surface area contributed by atoms with Crippen LogP contribution in [0.2, 0.25) is 0 Å². The van der Waals surface area contributed by atoms with E-state index in [0.29, 0.717) is 11.3 Å². The highest BCUT2D eigenvalue weighted by Gasteiger charge is 2.24. The third kappa shape index (κ3) is 3.96. The molecule has 112 valence electrons. The number of rotatable bonds is 4. The molecule has 1 fully saturated rings. The number of nitriles is 1. The molecule has 0 aliphatic carbocycles. The molecule has 1 aliphatic rings. The lowest BCUT2D eigenvalue weighted by atomic mass is 10.1. The van der Waals surface area contributed by atoms with Crippen molar-refractivity contribution in [3.8, 4) is 11.8 Å². The number of amides is 1. The van der Waals surface area contributed by atoms with Crippen LogP contribution in [0.3, 0.4) is 0 Å². The second kappa shape index (κ2) is 7.09. The van der Waals surface area contributed by atoms with Crippen molar-refractivity contribution in [3.05, 3.63) is 29.8 Å². The Morgan fingerprint density at radius 1 is 1.52 bits per heavy atom. The Bertz CT molecular complexity index is 539. The number of ether oxygens (including phenoxy) is 1. The molecule has 0 bridgehead atoms. The average molecular weight is 287 g/mol. The summed E-state index contributed by atoms with van der Waals surface area (Å²) in [6.45, 7) is 1.96. The Kier molecular flexibility index (Phi) is 5.18. The molecule has 1 aromatic rings. The van der Waals surface area contributed by atoms with E-state index in [4.69, 9.17) is 10.00 Å². The number of carbonyl (C=O) groups excluding carboxylic acids is 1. The van der Waals surface area contributed by atoms with Gasteiger partial charge in [-0.1, -0.05) is 12.1 Å². The minimum absolute atomic E-state index is 0.0323. The summed E-state index contributed by atoms with van der Waals surface area (Å²) in [6.07, 6.45) is 2.14. The number of benzene rings is 1. The maximum absolute atomic E-state index is 12.2. The average Bonchev–Trinajstić information content (AvgIpc) is 2.52. The third-order valence-electron chi connectivity index (χ3n) is 3.90. The van der Waals surface area contributed by atoms with Crippen LogP contribution in [-0.4, -0.2) is 55.5 Å². The van der Waals surface area contributed by atoms with Gasteiger partial charge >= 0.3 is 0 Å². The second-order valence-corrected chi connectivity index (χ2v) is 5.46. The molecule has 0 radical (unpaired) electrons. The van der Waals surface area contributed by atoms with Gasteiger partial charge in [0.05, 0.1) is 5.56 Å². The van der Waals surface area contributed by atoms with E-state index in [-0.39, 0.29) is 18.6 Å². The van der Waals surface area contributed by atoms with Gasteiger partial charge in [-0.3, -0.25) is 4.79 Å². The first-order valence-corrected chi connectivity index (χ1v) is 7.18. The van der Waals surface area contributed by atoms with Gasteiger partial charge in [-0.05, 0) is 38.6 Å². The highest BCUT2D eigenvalue weighted by Crippen LogP contribution is 2.17. The van der Waals surface area contributed by atoms with Gasteiger partial charge in [0.15, 0.2) is 6.61 Å². The van der Waals surface area contributed by atoms with Crippen LogP contribution >= 0.6 is 0 Å². The molecule has 1 atom stereocenters. The number of nitrogens with zero attached hydrogens (tertiary/aromatic N) is 3. The molecule has 21 heavy (non-hydrogen) atoms. The summed E-state index contributed by atoms with van der Waals surface area (Å²) in [5.41, 5.74) is 0.449. The summed E-state index contributed by atoms with van der Waals surface area (Å²) in [6, 6.07) is 9.26. The Balaban J connectivity index is 1.91. The van der Waals surface area contributed by atoms with Crippen molar-refractivity contribution in [1.82, 2.24) is 9.80 Å². The summed E-state index contributed by atoms with van der Waals surface area (Å²) >= 11 is 0. The van der Waals surface area contributed by atoms with E-state index in [1.54, 1.807) is 29.2 Å². The van der Waals surface area contributed by atoms with Crippen molar-refractivity contribution < 1.29 is 9.53 Å². The molecular weight excluding hydrogens is 266 g/mol. The van der Waals surface area contributed by atoms with Crippen LogP contribution < -0.4 is 4.74 Å². The number of para-hydroxylation sites is 1. The lowest BCUT2D eigenvalue weighted by Gasteiger charge is -2.35. The van der Waals surface area contributed by atoms with Crippen LogP contribution in [0.4, 0.5) is 0 Å². The van der Waals surface area contributed by atoms with E-state index in [2.05, 4.69) is 18.0 Å². The zero-order chi connectivity index (χ0) is 15.2. The van der Waals surface area contributed by atoms with Crippen LogP contribution in [0, 0.1) is 11.3 Å². The Hall–Kier alpha value is -2.06. The fourth-order valence-corrected chi connectivity index (χ4v) is 2.59. The zero-order valence-electron chi connectivity index (χ0n) is 12.6. The fraction of sp³-hybridized carbons (Fsp3) is 0.500. The molecule has 1 saturated heterocycles. The predicted molar refractivity (Wildman–Crippen MR) is 79.9 cm³/mol. The molecule has 5 heteroatoms. The van der Waals surface area contributed by atoms with E-state index in [0.717, 1.165) is 25.9 Å². The predicted octanol–water partition coefficient (Wildman–Crippen LogP) is 1.49. The molecular formula is C16H21N3O2. The van der Waals surface area contributed by atoms with E-state index < -0.39 is 0 Å². The van der Waals surface area contributed by atoms with E-state index in [1.165, 1.54) is 0 Å². The summed E-state index contributed by atoms with van der Waals surface area (Å²) in [4.78, 5) is 16.2. The van der Waals surface area contributed by atoms with Crippen molar-refractivity contribution in [2.75, 3.05) is 33.8 Å². The number of hydrogen-bond acceptors (Lipinski definition) is 4. The van der Waals surface area contributed by atoms with Crippen molar-refractivity contribution in [2.24, 2.45) is 0 Å². The molecule has 1 aromatic carbocycles. The van der Waals surface area contributed by atoms with Gasteiger partial charge in [0.1, 0.15) is 11.8 Å². The molecule has 0 N–H and O–H groups in total. The normalized spacial score (nSPS) is 18.8. The lowest BCUT2D eigenvalue weighted by Crippen LogP contribution is -2.48. The standard InChI is InChI=1S/C16H21N3O2/c1-18-9-5-7-14(11-18)19(2)16(20)12-21-15-8-4-3-6-13(15)10-17/h3-4,6,8,14H,5,7,9,11-12H2,1-2H3. The molecule has 0 spiro atoms. The Morgan fingerprint density at radius 3 is 3.00 bits per heavy atom. The highest BCUT2D eigenvalue weighted by molar-refractivity contribution is 5.78. The first-order chi connectivity index (χ1) is 10.1. The molecule has 5 nitrogen and oxygen atoms in total.